The van der Waals surface area contributed by atoms with Crippen LogP contribution in [0.25, 0.3) is 0 Å². The molecule has 1 aromatic carbocycles. The van der Waals surface area contributed by atoms with E-state index in [1.54, 1.807) is 0 Å². The van der Waals surface area contributed by atoms with E-state index in [2.05, 4.69) is 15.9 Å². The predicted molar refractivity (Wildman–Crippen MR) is 63.0 cm³/mol. The number of Topliss-reactive ketones (excluding diaryl/α,β-unsaturated/α-hetero) is 2. The maximum Gasteiger partial charge on any atom is 0.173 e. The van der Waals surface area contributed by atoms with Gasteiger partial charge in [0.25, 0.3) is 0 Å². The second-order valence-corrected chi connectivity index (χ2v) is 4.43. The molecule has 86 valence electrons. The number of carbonyl (C=O) groups excluding carboxylic acids is 2. The van der Waals surface area contributed by atoms with Gasteiger partial charge in [-0.15, -0.1) is 0 Å². The average Bonchev–Trinajstić information content (AvgIpc) is 2.21. The summed E-state index contributed by atoms with van der Waals surface area (Å²) < 4.78 is 13.9. The van der Waals surface area contributed by atoms with Crippen molar-refractivity contribution in [3.8, 4) is 0 Å². The lowest BCUT2D eigenvalue weighted by Gasteiger charge is -2.02. The molecule has 0 aliphatic heterocycles. The fourth-order valence-corrected chi connectivity index (χ4v) is 1.71. The quantitative estimate of drug-likeness (QED) is 0.613. The van der Waals surface area contributed by atoms with E-state index < -0.39 is 11.6 Å². The van der Waals surface area contributed by atoms with Gasteiger partial charge in [0.1, 0.15) is 11.6 Å². The van der Waals surface area contributed by atoms with Gasteiger partial charge < -0.3 is 0 Å². The summed E-state index contributed by atoms with van der Waals surface area (Å²) in [6.07, 6.45) is 0.843. The molecular formula is C12H12BrFO2. The average molecular weight is 287 g/mol. The molecule has 4 heteroatoms. The van der Waals surface area contributed by atoms with Crippen molar-refractivity contribution < 1.29 is 14.0 Å². The molecule has 0 spiro atoms. The second kappa shape index (κ2) is 5.89. The van der Waals surface area contributed by atoms with Crippen LogP contribution in [-0.4, -0.2) is 11.6 Å². The molecule has 0 atom stereocenters. The highest BCUT2D eigenvalue weighted by atomic mass is 79.9. The van der Waals surface area contributed by atoms with Crippen molar-refractivity contribution >= 4 is 27.5 Å². The smallest absolute Gasteiger partial charge is 0.173 e. The summed E-state index contributed by atoms with van der Waals surface area (Å²) in [5.74, 6) is -1.19. The Morgan fingerprint density at radius 1 is 1.38 bits per heavy atom. The van der Waals surface area contributed by atoms with Gasteiger partial charge in [0.2, 0.25) is 0 Å². The first-order chi connectivity index (χ1) is 7.54. The standard InChI is InChI=1S/C12H12BrFO2/c1-2-3-9(15)7-12(16)10-6-8(13)4-5-11(10)14/h4-6H,2-3,7H2,1H3. The van der Waals surface area contributed by atoms with Gasteiger partial charge in [0.15, 0.2) is 5.78 Å². The molecule has 2 nitrogen and oxygen atoms in total. The van der Waals surface area contributed by atoms with Crippen molar-refractivity contribution in [3.05, 3.63) is 34.1 Å². The topological polar surface area (TPSA) is 34.1 Å². The van der Waals surface area contributed by atoms with E-state index in [-0.39, 0.29) is 17.8 Å². The molecular weight excluding hydrogens is 275 g/mol. The Balaban J connectivity index is 2.80. The fraction of sp³-hybridized carbons (Fsp3) is 0.333. The number of rotatable bonds is 5. The van der Waals surface area contributed by atoms with E-state index in [1.165, 1.54) is 18.2 Å². The third-order valence-electron chi connectivity index (χ3n) is 2.12. The Morgan fingerprint density at radius 3 is 2.69 bits per heavy atom. The highest BCUT2D eigenvalue weighted by Crippen LogP contribution is 2.17. The van der Waals surface area contributed by atoms with Gasteiger partial charge in [-0.3, -0.25) is 9.59 Å². The minimum Gasteiger partial charge on any atom is -0.299 e. The minimum atomic E-state index is -0.586. The molecule has 0 unspecified atom stereocenters. The van der Waals surface area contributed by atoms with Gasteiger partial charge in [-0.05, 0) is 24.6 Å². The van der Waals surface area contributed by atoms with Crippen LogP contribution in [0.15, 0.2) is 22.7 Å². The molecule has 1 rings (SSSR count). The van der Waals surface area contributed by atoms with E-state index >= 15 is 0 Å². The summed E-state index contributed by atoms with van der Waals surface area (Å²) in [5, 5.41) is 0. The van der Waals surface area contributed by atoms with E-state index in [4.69, 9.17) is 0 Å². The molecule has 0 aliphatic carbocycles. The molecule has 0 aromatic heterocycles. The largest absolute Gasteiger partial charge is 0.299 e. The maximum absolute atomic E-state index is 13.3. The van der Waals surface area contributed by atoms with Crippen LogP contribution in [0.4, 0.5) is 4.39 Å². The predicted octanol–water partition coefficient (Wildman–Crippen LogP) is 3.53. The zero-order valence-corrected chi connectivity index (χ0v) is 10.5. The first-order valence-corrected chi connectivity index (χ1v) is 5.84. The lowest BCUT2D eigenvalue weighted by atomic mass is 10.0. The summed E-state index contributed by atoms with van der Waals surface area (Å²) >= 11 is 3.16. The van der Waals surface area contributed by atoms with Gasteiger partial charge in [0.05, 0.1) is 12.0 Å². The van der Waals surface area contributed by atoms with Crippen LogP contribution in [-0.2, 0) is 4.79 Å². The molecule has 0 fully saturated rings. The molecule has 0 aliphatic rings. The van der Waals surface area contributed by atoms with Gasteiger partial charge in [-0.25, -0.2) is 4.39 Å². The van der Waals surface area contributed by atoms with Crippen LogP contribution in [0, 0.1) is 5.82 Å². The molecule has 0 radical (unpaired) electrons. The first kappa shape index (κ1) is 13.0. The molecule has 16 heavy (non-hydrogen) atoms. The van der Waals surface area contributed by atoms with Crippen molar-refractivity contribution in [1.29, 1.82) is 0 Å². The normalized spacial score (nSPS) is 10.2. The van der Waals surface area contributed by atoms with Crippen molar-refractivity contribution in [2.75, 3.05) is 0 Å². The van der Waals surface area contributed by atoms with Crippen LogP contribution >= 0.6 is 15.9 Å². The number of hydrogen-bond acceptors (Lipinski definition) is 2. The Bertz CT molecular complexity index is 415. The van der Waals surface area contributed by atoms with Crippen molar-refractivity contribution in [3.63, 3.8) is 0 Å². The third-order valence-corrected chi connectivity index (χ3v) is 2.61. The summed E-state index contributed by atoms with van der Waals surface area (Å²) in [6.45, 7) is 1.86. The van der Waals surface area contributed by atoms with Crippen molar-refractivity contribution in [2.45, 2.75) is 26.2 Å². The molecule has 0 heterocycles. The Morgan fingerprint density at radius 2 is 2.06 bits per heavy atom. The van der Waals surface area contributed by atoms with Gasteiger partial charge >= 0.3 is 0 Å². The van der Waals surface area contributed by atoms with Crippen LogP contribution in [0.5, 0.6) is 0 Å². The Kier molecular flexibility index (Phi) is 4.80. The summed E-state index contributed by atoms with van der Waals surface area (Å²) in [5.41, 5.74) is -0.0289. The lowest BCUT2D eigenvalue weighted by Crippen LogP contribution is -2.09. The van der Waals surface area contributed by atoms with Crippen molar-refractivity contribution in [1.82, 2.24) is 0 Å². The highest BCUT2D eigenvalue weighted by molar-refractivity contribution is 9.10. The summed E-state index contributed by atoms with van der Waals surface area (Å²) in [4.78, 5) is 22.9. The van der Waals surface area contributed by atoms with Crippen LogP contribution in [0.3, 0.4) is 0 Å². The third kappa shape index (κ3) is 3.52. The number of benzene rings is 1. The minimum absolute atomic E-state index is 0.0289. The number of ketones is 2. The van der Waals surface area contributed by atoms with E-state index in [0.29, 0.717) is 17.3 Å². The number of hydrogen-bond donors (Lipinski definition) is 0. The number of halogens is 2. The van der Waals surface area contributed by atoms with Crippen molar-refractivity contribution in [2.24, 2.45) is 0 Å². The molecule has 1 aromatic rings. The zero-order chi connectivity index (χ0) is 12.1. The monoisotopic (exact) mass is 286 g/mol. The molecule has 0 N–H and O–H groups in total. The fourth-order valence-electron chi connectivity index (χ4n) is 1.35. The van der Waals surface area contributed by atoms with Gasteiger partial charge in [0, 0.05) is 10.9 Å². The Hall–Kier alpha value is -1.03. The van der Waals surface area contributed by atoms with Crippen LogP contribution in [0.1, 0.15) is 36.5 Å². The SMILES string of the molecule is CCCC(=O)CC(=O)c1cc(Br)ccc1F. The Labute approximate surface area is 102 Å². The molecule has 0 saturated carbocycles. The zero-order valence-electron chi connectivity index (χ0n) is 8.93. The summed E-state index contributed by atoms with van der Waals surface area (Å²) in [6, 6.07) is 4.12. The molecule has 0 bridgehead atoms. The molecule has 0 saturated heterocycles. The van der Waals surface area contributed by atoms with Crippen LogP contribution < -0.4 is 0 Å². The lowest BCUT2D eigenvalue weighted by molar-refractivity contribution is -0.118. The maximum atomic E-state index is 13.3. The molecule has 0 amide bonds. The number of carbonyl (C=O) groups is 2. The van der Waals surface area contributed by atoms with E-state index in [0.717, 1.165) is 0 Å². The van der Waals surface area contributed by atoms with Gasteiger partial charge in [-0.2, -0.15) is 0 Å². The van der Waals surface area contributed by atoms with E-state index in [1.807, 2.05) is 6.92 Å². The van der Waals surface area contributed by atoms with Gasteiger partial charge in [-0.1, -0.05) is 22.9 Å². The van der Waals surface area contributed by atoms with Crippen LogP contribution in [0.2, 0.25) is 0 Å². The first-order valence-electron chi connectivity index (χ1n) is 5.04. The van der Waals surface area contributed by atoms with E-state index in [9.17, 15) is 14.0 Å². The highest BCUT2D eigenvalue weighted by Gasteiger charge is 2.15. The summed E-state index contributed by atoms with van der Waals surface area (Å²) in [7, 11) is 0. The second-order valence-electron chi connectivity index (χ2n) is 3.51.